The van der Waals surface area contributed by atoms with Gasteiger partial charge in [0.15, 0.2) is 0 Å². The van der Waals surface area contributed by atoms with E-state index in [0.29, 0.717) is 6.04 Å². The van der Waals surface area contributed by atoms with Crippen LogP contribution in [-0.2, 0) is 6.42 Å². The third kappa shape index (κ3) is 4.05. The van der Waals surface area contributed by atoms with Gasteiger partial charge in [0, 0.05) is 18.0 Å². The Hall–Kier alpha value is -0.900. The third-order valence-corrected chi connectivity index (χ3v) is 4.29. The molecule has 4 heteroatoms. The number of nitrogens with zero attached hydrogens (tertiary/aromatic N) is 3. The van der Waals surface area contributed by atoms with Crippen LogP contribution in [0.25, 0.3) is 0 Å². The Bertz CT molecular complexity index is 416. The summed E-state index contributed by atoms with van der Waals surface area (Å²) in [6, 6.07) is 0.403. The largest absolute Gasteiger partial charge is 0.312 e. The SMILES string of the molecule is CC(C)n1ncnc1CC1CCCC1CNC(C)(C)C. The molecule has 1 saturated carbocycles. The molecule has 2 rings (SSSR count). The lowest BCUT2D eigenvalue weighted by molar-refractivity contribution is 0.310. The molecule has 0 aromatic carbocycles. The van der Waals surface area contributed by atoms with E-state index >= 15 is 0 Å². The van der Waals surface area contributed by atoms with Gasteiger partial charge in [-0.05, 0) is 65.8 Å². The summed E-state index contributed by atoms with van der Waals surface area (Å²) in [6.07, 6.45) is 6.82. The van der Waals surface area contributed by atoms with Gasteiger partial charge in [0.2, 0.25) is 0 Å². The van der Waals surface area contributed by atoms with Crippen LogP contribution in [0.4, 0.5) is 0 Å². The monoisotopic (exact) mass is 278 g/mol. The molecule has 0 aliphatic heterocycles. The number of hydrogen-bond donors (Lipinski definition) is 1. The van der Waals surface area contributed by atoms with Gasteiger partial charge < -0.3 is 5.32 Å². The highest BCUT2D eigenvalue weighted by Gasteiger charge is 2.29. The molecule has 0 spiro atoms. The van der Waals surface area contributed by atoms with Crippen molar-refractivity contribution in [1.82, 2.24) is 20.1 Å². The zero-order chi connectivity index (χ0) is 14.8. The van der Waals surface area contributed by atoms with Gasteiger partial charge in [0.25, 0.3) is 0 Å². The minimum atomic E-state index is 0.213. The second-order valence-corrected chi connectivity index (χ2v) is 7.50. The molecule has 0 amide bonds. The topological polar surface area (TPSA) is 42.7 Å². The van der Waals surface area contributed by atoms with Gasteiger partial charge in [-0.15, -0.1) is 0 Å². The summed E-state index contributed by atoms with van der Waals surface area (Å²) in [5.74, 6) is 2.70. The van der Waals surface area contributed by atoms with Crippen LogP contribution < -0.4 is 5.32 Å². The first-order chi connectivity index (χ1) is 9.37. The van der Waals surface area contributed by atoms with Crippen molar-refractivity contribution in [2.24, 2.45) is 11.8 Å². The zero-order valence-electron chi connectivity index (χ0n) is 13.7. The van der Waals surface area contributed by atoms with Crippen molar-refractivity contribution >= 4 is 0 Å². The van der Waals surface area contributed by atoms with Gasteiger partial charge >= 0.3 is 0 Å². The van der Waals surface area contributed by atoms with Crippen LogP contribution in [0.15, 0.2) is 6.33 Å². The van der Waals surface area contributed by atoms with E-state index in [-0.39, 0.29) is 5.54 Å². The maximum Gasteiger partial charge on any atom is 0.138 e. The van der Waals surface area contributed by atoms with Crippen LogP contribution >= 0.6 is 0 Å². The summed E-state index contributed by atoms with van der Waals surface area (Å²) in [5, 5.41) is 8.03. The van der Waals surface area contributed by atoms with Crippen LogP contribution in [0, 0.1) is 11.8 Å². The normalized spacial score (nSPS) is 23.7. The summed E-state index contributed by atoms with van der Waals surface area (Å²) >= 11 is 0. The van der Waals surface area contributed by atoms with Crippen molar-refractivity contribution in [2.75, 3.05) is 6.54 Å². The standard InChI is InChI=1S/C16H30N4/c1-12(2)20-15(17-11-19-20)9-13-7-6-8-14(13)10-18-16(3,4)5/h11-14,18H,6-10H2,1-5H3. The summed E-state index contributed by atoms with van der Waals surface area (Å²) < 4.78 is 2.08. The molecule has 1 fully saturated rings. The number of aromatic nitrogens is 3. The molecular weight excluding hydrogens is 248 g/mol. The smallest absolute Gasteiger partial charge is 0.138 e. The molecule has 0 radical (unpaired) electrons. The van der Waals surface area contributed by atoms with E-state index in [1.54, 1.807) is 6.33 Å². The summed E-state index contributed by atoms with van der Waals surface area (Å²) in [6.45, 7) is 12.2. The Labute approximate surface area is 123 Å². The average Bonchev–Trinajstić information content (AvgIpc) is 2.95. The summed E-state index contributed by atoms with van der Waals surface area (Å²) in [4.78, 5) is 4.48. The zero-order valence-corrected chi connectivity index (χ0v) is 13.7. The van der Waals surface area contributed by atoms with E-state index in [9.17, 15) is 0 Å². The molecule has 4 nitrogen and oxygen atoms in total. The van der Waals surface area contributed by atoms with Crippen molar-refractivity contribution in [3.63, 3.8) is 0 Å². The molecule has 1 aromatic heterocycles. The minimum Gasteiger partial charge on any atom is -0.312 e. The minimum absolute atomic E-state index is 0.213. The fraction of sp³-hybridized carbons (Fsp3) is 0.875. The summed E-state index contributed by atoms with van der Waals surface area (Å²) in [5.41, 5.74) is 0.213. The lowest BCUT2D eigenvalue weighted by Crippen LogP contribution is -2.40. The highest BCUT2D eigenvalue weighted by molar-refractivity contribution is 4.93. The predicted molar refractivity (Wildman–Crippen MR) is 82.7 cm³/mol. The average molecular weight is 278 g/mol. The Morgan fingerprint density at radius 1 is 1.30 bits per heavy atom. The fourth-order valence-electron chi connectivity index (χ4n) is 3.17. The lowest BCUT2D eigenvalue weighted by Gasteiger charge is -2.26. The second kappa shape index (κ2) is 6.25. The van der Waals surface area contributed by atoms with E-state index in [1.165, 1.54) is 19.3 Å². The van der Waals surface area contributed by atoms with Crippen LogP contribution in [0.1, 0.15) is 65.7 Å². The summed E-state index contributed by atoms with van der Waals surface area (Å²) in [7, 11) is 0. The van der Waals surface area contributed by atoms with Crippen LogP contribution in [-0.4, -0.2) is 26.8 Å². The molecule has 1 N–H and O–H groups in total. The molecule has 0 bridgehead atoms. The van der Waals surface area contributed by atoms with Crippen molar-refractivity contribution < 1.29 is 0 Å². The number of hydrogen-bond acceptors (Lipinski definition) is 3. The quantitative estimate of drug-likeness (QED) is 0.899. The Morgan fingerprint density at radius 2 is 2.00 bits per heavy atom. The van der Waals surface area contributed by atoms with Gasteiger partial charge in [-0.2, -0.15) is 5.10 Å². The van der Waals surface area contributed by atoms with Crippen LogP contribution in [0.3, 0.4) is 0 Å². The Balaban J connectivity index is 1.95. The van der Waals surface area contributed by atoms with Gasteiger partial charge in [-0.1, -0.05) is 6.42 Å². The predicted octanol–water partition coefficient (Wildman–Crippen LogP) is 3.21. The molecule has 2 unspecified atom stereocenters. The molecule has 114 valence electrons. The van der Waals surface area contributed by atoms with Crippen molar-refractivity contribution in [3.05, 3.63) is 12.2 Å². The molecular formula is C16H30N4. The highest BCUT2D eigenvalue weighted by Crippen LogP contribution is 2.34. The van der Waals surface area contributed by atoms with E-state index < -0.39 is 0 Å². The molecule has 1 aromatic rings. The first-order valence-corrected chi connectivity index (χ1v) is 8.00. The van der Waals surface area contributed by atoms with E-state index in [4.69, 9.17) is 0 Å². The molecule has 1 heterocycles. The third-order valence-electron chi connectivity index (χ3n) is 4.29. The molecule has 2 atom stereocenters. The van der Waals surface area contributed by atoms with Gasteiger partial charge in [0.05, 0.1) is 0 Å². The van der Waals surface area contributed by atoms with Gasteiger partial charge in [-0.25, -0.2) is 9.67 Å². The molecule has 1 aliphatic carbocycles. The fourth-order valence-corrected chi connectivity index (χ4v) is 3.17. The molecule has 1 aliphatic rings. The van der Waals surface area contributed by atoms with E-state index in [1.807, 2.05) is 0 Å². The van der Waals surface area contributed by atoms with E-state index in [2.05, 4.69) is 54.7 Å². The van der Waals surface area contributed by atoms with Crippen LogP contribution in [0.5, 0.6) is 0 Å². The first kappa shape index (κ1) is 15.5. The Kier molecular flexibility index (Phi) is 4.84. The number of rotatable bonds is 5. The number of nitrogens with one attached hydrogen (secondary N) is 1. The second-order valence-electron chi connectivity index (χ2n) is 7.50. The van der Waals surface area contributed by atoms with Crippen LogP contribution in [0.2, 0.25) is 0 Å². The van der Waals surface area contributed by atoms with Gasteiger partial charge in [-0.3, -0.25) is 0 Å². The van der Waals surface area contributed by atoms with Crippen molar-refractivity contribution in [3.8, 4) is 0 Å². The maximum atomic E-state index is 4.48. The highest BCUT2D eigenvalue weighted by atomic mass is 15.3. The first-order valence-electron chi connectivity index (χ1n) is 8.00. The molecule has 20 heavy (non-hydrogen) atoms. The Morgan fingerprint density at radius 3 is 2.65 bits per heavy atom. The van der Waals surface area contributed by atoms with Gasteiger partial charge in [0.1, 0.15) is 12.2 Å². The van der Waals surface area contributed by atoms with Crippen molar-refractivity contribution in [1.29, 1.82) is 0 Å². The van der Waals surface area contributed by atoms with E-state index in [0.717, 1.165) is 30.6 Å². The maximum absolute atomic E-state index is 4.48. The molecule has 0 saturated heterocycles. The van der Waals surface area contributed by atoms with Crippen molar-refractivity contribution in [2.45, 2.75) is 71.9 Å². The lowest BCUT2D eigenvalue weighted by atomic mass is 9.91.